The van der Waals surface area contributed by atoms with E-state index in [2.05, 4.69) is 10.3 Å². The number of rotatable bonds is 3. The average molecular weight is 321 g/mol. The Balaban J connectivity index is 1.74. The first-order valence-electron chi connectivity index (χ1n) is 6.21. The average Bonchev–Trinajstić information content (AvgIpc) is 2.85. The van der Waals surface area contributed by atoms with E-state index in [1.54, 1.807) is 18.2 Å². The molecule has 0 unspecified atom stereocenters. The lowest BCUT2D eigenvalue weighted by Gasteiger charge is -2.01. The summed E-state index contributed by atoms with van der Waals surface area (Å²) in [5.74, 6) is -0.517. The van der Waals surface area contributed by atoms with Gasteiger partial charge in [0.2, 0.25) is 5.91 Å². The minimum Gasteiger partial charge on any atom is -0.302 e. The molecule has 6 heteroatoms. The van der Waals surface area contributed by atoms with Gasteiger partial charge in [0.05, 0.1) is 16.1 Å². The predicted molar refractivity (Wildman–Crippen MR) is 83.4 cm³/mol. The number of fused-ring (bicyclic) bond motifs is 1. The maximum atomic E-state index is 12.8. The minimum absolute atomic E-state index is 0.171. The molecule has 0 saturated carbocycles. The molecule has 0 aliphatic carbocycles. The number of carbonyl (C=O) groups is 1. The summed E-state index contributed by atoms with van der Waals surface area (Å²) >= 11 is 7.41. The van der Waals surface area contributed by atoms with Gasteiger partial charge in [-0.25, -0.2) is 9.37 Å². The monoisotopic (exact) mass is 320 g/mol. The van der Waals surface area contributed by atoms with E-state index in [0.717, 1.165) is 10.3 Å². The molecule has 0 radical (unpaired) electrons. The summed E-state index contributed by atoms with van der Waals surface area (Å²) in [6.45, 7) is 0. The van der Waals surface area contributed by atoms with Gasteiger partial charge >= 0.3 is 0 Å². The lowest BCUT2D eigenvalue weighted by Crippen LogP contribution is -2.14. The second-order valence-electron chi connectivity index (χ2n) is 4.46. The first-order chi connectivity index (χ1) is 10.1. The van der Waals surface area contributed by atoms with Gasteiger partial charge in [-0.05, 0) is 29.8 Å². The summed E-state index contributed by atoms with van der Waals surface area (Å²) < 4.78 is 13.7. The van der Waals surface area contributed by atoms with Gasteiger partial charge in [-0.2, -0.15) is 0 Å². The molecule has 1 heterocycles. The lowest BCUT2D eigenvalue weighted by atomic mass is 10.1. The second kappa shape index (κ2) is 5.79. The van der Waals surface area contributed by atoms with Crippen LogP contribution in [0.1, 0.15) is 5.56 Å². The maximum Gasteiger partial charge on any atom is 0.230 e. The minimum atomic E-state index is -0.319. The fourth-order valence-corrected chi connectivity index (χ4v) is 3.10. The highest BCUT2D eigenvalue weighted by molar-refractivity contribution is 7.22. The van der Waals surface area contributed by atoms with Crippen LogP contribution in [0.15, 0.2) is 42.5 Å². The van der Waals surface area contributed by atoms with E-state index < -0.39 is 0 Å². The van der Waals surface area contributed by atoms with Crippen LogP contribution in [-0.2, 0) is 11.2 Å². The van der Waals surface area contributed by atoms with Gasteiger partial charge in [-0.1, -0.05) is 41.1 Å². The van der Waals surface area contributed by atoms with E-state index in [-0.39, 0.29) is 18.1 Å². The Bertz CT molecular complexity index is 801. The van der Waals surface area contributed by atoms with Crippen molar-refractivity contribution in [2.45, 2.75) is 6.42 Å². The molecule has 0 spiro atoms. The van der Waals surface area contributed by atoms with Crippen molar-refractivity contribution in [3.05, 3.63) is 58.9 Å². The van der Waals surface area contributed by atoms with E-state index >= 15 is 0 Å². The molecule has 106 valence electrons. The molecular formula is C15H10ClFN2OS. The number of anilines is 1. The second-order valence-corrected chi connectivity index (χ2v) is 5.89. The molecule has 1 N–H and O–H groups in total. The summed E-state index contributed by atoms with van der Waals surface area (Å²) in [4.78, 5) is 16.3. The number of carbonyl (C=O) groups excluding carboxylic acids is 1. The zero-order valence-electron chi connectivity index (χ0n) is 10.8. The molecule has 0 saturated heterocycles. The van der Waals surface area contributed by atoms with Crippen LogP contribution in [0.25, 0.3) is 10.2 Å². The number of hydrogen-bond acceptors (Lipinski definition) is 3. The molecule has 3 aromatic rings. The van der Waals surface area contributed by atoms with Crippen molar-refractivity contribution in [3.8, 4) is 0 Å². The number of nitrogens with zero attached hydrogens (tertiary/aromatic N) is 1. The van der Waals surface area contributed by atoms with Crippen molar-refractivity contribution in [3.63, 3.8) is 0 Å². The SMILES string of the molecule is O=C(Cc1ccc(F)cc1)Nc1nc2c(Cl)cccc2s1. The normalized spacial score (nSPS) is 10.8. The van der Waals surface area contributed by atoms with Crippen LogP contribution in [0, 0.1) is 5.82 Å². The van der Waals surface area contributed by atoms with Crippen LogP contribution in [0.5, 0.6) is 0 Å². The van der Waals surface area contributed by atoms with Crippen LogP contribution >= 0.6 is 22.9 Å². The van der Waals surface area contributed by atoms with Crippen LogP contribution in [0.3, 0.4) is 0 Å². The van der Waals surface area contributed by atoms with Crippen LogP contribution in [-0.4, -0.2) is 10.9 Å². The molecule has 0 bridgehead atoms. The summed E-state index contributed by atoms with van der Waals surface area (Å²) in [6, 6.07) is 11.3. The lowest BCUT2D eigenvalue weighted by molar-refractivity contribution is -0.115. The number of nitrogens with one attached hydrogen (secondary N) is 1. The third-order valence-electron chi connectivity index (χ3n) is 2.89. The van der Waals surface area contributed by atoms with Crippen molar-refractivity contribution in [1.82, 2.24) is 4.98 Å². The number of hydrogen-bond donors (Lipinski definition) is 1. The maximum absolute atomic E-state index is 12.8. The highest BCUT2D eigenvalue weighted by Crippen LogP contribution is 2.30. The van der Waals surface area contributed by atoms with Crippen LogP contribution in [0.2, 0.25) is 5.02 Å². The van der Waals surface area contributed by atoms with Crippen molar-refractivity contribution in [2.75, 3.05) is 5.32 Å². The van der Waals surface area contributed by atoms with Gasteiger partial charge in [-0.3, -0.25) is 4.79 Å². The molecule has 21 heavy (non-hydrogen) atoms. The number of halogens is 2. The first-order valence-corrected chi connectivity index (χ1v) is 7.40. The molecule has 0 fully saturated rings. The predicted octanol–water partition coefficient (Wildman–Crippen LogP) is 4.27. The first kappa shape index (κ1) is 14.0. The van der Waals surface area contributed by atoms with Gasteiger partial charge in [0.1, 0.15) is 11.3 Å². The van der Waals surface area contributed by atoms with Crippen LogP contribution < -0.4 is 5.32 Å². The number of amides is 1. The third kappa shape index (κ3) is 3.20. The van der Waals surface area contributed by atoms with E-state index in [0.29, 0.717) is 15.7 Å². The van der Waals surface area contributed by atoms with Crippen molar-refractivity contribution >= 4 is 44.2 Å². The summed E-state index contributed by atoms with van der Waals surface area (Å²) in [6.07, 6.45) is 0.171. The summed E-state index contributed by atoms with van der Waals surface area (Å²) in [7, 11) is 0. The van der Waals surface area contributed by atoms with E-state index in [4.69, 9.17) is 11.6 Å². The molecule has 3 rings (SSSR count). The Morgan fingerprint density at radius 2 is 2.00 bits per heavy atom. The fraction of sp³-hybridized carbons (Fsp3) is 0.0667. The van der Waals surface area contributed by atoms with Gasteiger partial charge in [0.15, 0.2) is 5.13 Å². The molecular weight excluding hydrogens is 311 g/mol. The van der Waals surface area contributed by atoms with Crippen molar-refractivity contribution in [1.29, 1.82) is 0 Å². The Morgan fingerprint density at radius 3 is 2.71 bits per heavy atom. The Morgan fingerprint density at radius 1 is 1.24 bits per heavy atom. The summed E-state index contributed by atoms with van der Waals surface area (Å²) in [5, 5.41) is 3.80. The largest absolute Gasteiger partial charge is 0.302 e. The van der Waals surface area contributed by atoms with Gasteiger partial charge in [0, 0.05) is 0 Å². The Kier molecular flexibility index (Phi) is 3.86. The van der Waals surface area contributed by atoms with E-state index in [1.807, 2.05) is 12.1 Å². The van der Waals surface area contributed by atoms with Gasteiger partial charge in [0.25, 0.3) is 0 Å². The topological polar surface area (TPSA) is 42.0 Å². The zero-order valence-corrected chi connectivity index (χ0v) is 12.3. The number of benzene rings is 2. The smallest absolute Gasteiger partial charge is 0.230 e. The number of aromatic nitrogens is 1. The fourth-order valence-electron chi connectivity index (χ4n) is 1.92. The van der Waals surface area contributed by atoms with Crippen LogP contribution in [0.4, 0.5) is 9.52 Å². The molecule has 1 aromatic heterocycles. The molecule has 0 aliphatic heterocycles. The molecule has 1 amide bonds. The van der Waals surface area contributed by atoms with Crippen molar-refractivity contribution < 1.29 is 9.18 Å². The Hall–Kier alpha value is -1.98. The van der Waals surface area contributed by atoms with E-state index in [9.17, 15) is 9.18 Å². The summed E-state index contributed by atoms with van der Waals surface area (Å²) in [5.41, 5.74) is 1.43. The third-order valence-corrected chi connectivity index (χ3v) is 4.14. The molecule has 0 atom stereocenters. The number of thiazole rings is 1. The quantitative estimate of drug-likeness (QED) is 0.783. The van der Waals surface area contributed by atoms with Gasteiger partial charge in [-0.15, -0.1) is 0 Å². The van der Waals surface area contributed by atoms with Crippen molar-refractivity contribution in [2.24, 2.45) is 0 Å². The zero-order chi connectivity index (χ0) is 14.8. The highest BCUT2D eigenvalue weighted by Gasteiger charge is 2.10. The molecule has 3 nitrogen and oxygen atoms in total. The van der Waals surface area contributed by atoms with E-state index in [1.165, 1.54) is 23.5 Å². The van der Waals surface area contributed by atoms with Gasteiger partial charge < -0.3 is 5.32 Å². The number of para-hydroxylation sites is 1. The highest BCUT2D eigenvalue weighted by atomic mass is 35.5. The standard InChI is InChI=1S/C15H10ClFN2OS/c16-11-2-1-3-12-14(11)19-15(21-12)18-13(20)8-9-4-6-10(17)7-5-9/h1-7H,8H2,(H,18,19,20). The Labute approximate surface area is 129 Å². The molecule has 0 aliphatic rings. The molecule has 2 aromatic carbocycles.